The van der Waals surface area contributed by atoms with Crippen LogP contribution in [0.5, 0.6) is 5.75 Å². The molecule has 1 aliphatic heterocycles. The Kier molecular flexibility index (Phi) is 3.57. The van der Waals surface area contributed by atoms with Gasteiger partial charge >= 0.3 is 0 Å². The van der Waals surface area contributed by atoms with Crippen LogP contribution in [0.15, 0.2) is 18.2 Å². The second-order valence-corrected chi connectivity index (χ2v) is 4.95. The molecule has 0 saturated carbocycles. The Morgan fingerprint density at radius 1 is 1.44 bits per heavy atom. The Morgan fingerprint density at radius 3 is 2.83 bits per heavy atom. The summed E-state index contributed by atoms with van der Waals surface area (Å²) in [5, 5.41) is 9.48. The molecule has 1 saturated heterocycles. The van der Waals surface area contributed by atoms with E-state index in [1.165, 1.54) is 0 Å². The highest BCUT2D eigenvalue weighted by atomic mass is 16.5. The summed E-state index contributed by atoms with van der Waals surface area (Å²) in [6.07, 6.45) is 0.0726. The summed E-state index contributed by atoms with van der Waals surface area (Å²) in [6.45, 7) is 6.92. The number of hydrogen-bond acceptors (Lipinski definition) is 3. The Balaban J connectivity index is 2.21. The van der Waals surface area contributed by atoms with Crippen LogP contribution in [-0.4, -0.2) is 41.2 Å². The number of amides is 1. The number of carbonyl (C=O) groups is 1. The van der Waals surface area contributed by atoms with Crippen molar-refractivity contribution in [1.29, 1.82) is 0 Å². The zero-order valence-electron chi connectivity index (χ0n) is 11.0. The van der Waals surface area contributed by atoms with Crippen LogP contribution in [0.25, 0.3) is 0 Å². The number of carbonyl (C=O) groups excluding carboxylic acids is 1. The molecule has 0 spiro atoms. The zero-order chi connectivity index (χ0) is 13.3. The molecule has 0 aromatic heterocycles. The molecule has 0 radical (unpaired) electrons. The van der Waals surface area contributed by atoms with E-state index in [1.807, 2.05) is 18.7 Å². The largest absolute Gasteiger partial charge is 0.508 e. The monoisotopic (exact) mass is 249 g/mol. The van der Waals surface area contributed by atoms with E-state index in [-0.39, 0.29) is 23.8 Å². The fraction of sp³-hybridized carbons (Fsp3) is 0.500. The second kappa shape index (κ2) is 4.98. The number of aryl methyl sites for hydroxylation is 1. The lowest BCUT2D eigenvalue weighted by Crippen LogP contribution is -2.50. The zero-order valence-corrected chi connectivity index (χ0v) is 11.0. The number of benzene rings is 1. The molecular formula is C14H19NO3. The topological polar surface area (TPSA) is 49.8 Å². The van der Waals surface area contributed by atoms with Gasteiger partial charge in [-0.3, -0.25) is 4.79 Å². The van der Waals surface area contributed by atoms with Crippen LogP contribution in [0, 0.1) is 6.92 Å². The number of phenolic OH excluding ortho intramolecular Hbond substituents is 1. The number of ether oxygens (including phenoxy) is 1. The number of rotatable bonds is 1. The molecule has 4 heteroatoms. The fourth-order valence-corrected chi connectivity index (χ4v) is 2.14. The summed E-state index contributed by atoms with van der Waals surface area (Å²) in [6, 6.07) is 5.04. The number of phenols is 1. The molecule has 2 atom stereocenters. The SMILES string of the molecule is Cc1cc(C(=O)N2CC(C)OCC2C)ccc1O. The first kappa shape index (κ1) is 12.9. The highest BCUT2D eigenvalue weighted by molar-refractivity contribution is 5.94. The molecule has 0 bridgehead atoms. The molecule has 1 aromatic rings. The number of aromatic hydroxyl groups is 1. The lowest BCUT2D eigenvalue weighted by Gasteiger charge is -2.36. The van der Waals surface area contributed by atoms with Crippen LogP contribution in [-0.2, 0) is 4.74 Å². The van der Waals surface area contributed by atoms with Crippen molar-refractivity contribution in [2.45, 2.75) is 32.9 Å². The van der Waals surface area contributed by atoms with Crippen molar-refractivity contribution in [2.24, 2.45) is 0 Å². The van der Waals surface area contributed by atoms with Crippen molar-refractivity contribution < 1.29 is 14.6 Å². The van der Waals surface area contributed by atoms with Gasteiger partial charge in [-0.2, -0.15) is 0 Å². The van der Waals surface area contributed by atoms with Gasteiger partial charge in [-0.25, -0.2) is 0 Å². The Labute approximate surface area is 107 Å². The molecule has 18 heavy (non-hydrogen) atoms. The third kappa shape index (κ3) is 2.48. The molecule has 4 nitrogen and oxygen atoms in total. The van der Waals surface area contributed by atoms with Crippen LogP contribution in [0.2, 0.25) is 0 Å². The smallest absolute Gasteiger partial charge is 0.254 e. The minimum atomic E-state index is 0.000694. The van der Waals surface area contributed by atoms with Crippen molar-refractivity contribution in [1.82, 2.24) is 4.90 Å². The molecule has 2 rings (SSSR count). The lowest BCUT2D eigenvalue weighted by molar-refractivity contribution is -0.0387. The number of morpholine rings is 1. The molecule has 1 aliphatic rings. The number of hydrogen-bond donors (Lipinski definition) is 1. The van der Waals surface area contributed by atoms with Crippen LogP contribution in [0.4, 0.5) is 0 Å². The average Bonchev–Trinajstić information content (AvgIpc) is 2.35. The maximum absolute atomic E-state index is 12.4. The van der Waals surface area contributed by atoms with E-state index in [0.717, 1.165) is 5.56 Å². The normalized spacial score (nSPS) is 24.1. The van der Waals surface area contributed by atoms with Gasteiger partial charge in [0.1, 0.15) is 5.75 Å². The van der Waals surface area contributed by atoms with Gasteiger partial charge in [0.05, 0.1) is 18.8 Å². The summed E-state index contributed by atoms with van der Waals surface area (Å²) in [7, 11) is 0. The maximum atomic E-state index is 12.4. The summed E-state index contributed by atoms with van der Waals surface area (Å²) < 4.78 is 5.52. The molecule has 0 aliphatic carbocycles. The van der Waals surface area contributed by atoms with Gasteiger partial charge < -0.3 is 14.7 Å². The third-order valence-electron chi connectivity index (χ3n) is 3.31. The van der Waals surface area contributed by atoms with Gasteiger partial charge in [0.15, 0.2) is 0 Å². The van der Waals surface area contributed by atoms with Gasteiger partial charge in [-0.1, -0.05) is 0 Å². The van der Waals surface area contributed by atoms with Crippen molar-refractivity contribution >= 4 is 5.91 Å². The molecule has 2 unspecified atom stereocenters. The van der Waals surface area contributed by atoms with E-state index in [2.05, 4.69) is 0 Å². The first-order valence-electron chi connectivity index (χ1n) is 6.21. The Bertz CT molecular complexity index is 458. The van der Waals surface area contributed by atoms with Gasteiger partial charge in [0, 0.05) is 12.1 Å². The summed E-state index contributed by atoms with van der Waals surface area (Å²) in [5.41, 5.74) is 1.33. The second-order valence-electron chi connectivity index (χ2n) is 4.95. The van der Waals surface area contributed by atoms with Crippen LogP contribution in [0.1, 0.15) is 29.8 Å². The van der Waals surface area contributed by atoms with Crippen molar-refractivity contribution in [3.05, 3.63) is 29.3 Å². The molecule has 1 aromatic carbocycles. The van der Waals surface area contributed by atoms with E-state index < -0.39 is 0 Å². The fourth-order valence-electron chi connectivity index (χ4n) is 2.14. The minimum absolute atomic E-state index is 0.000694. The molecule has 1 fully saturated rings. The van der Waals surface area contributed by atoms with E-state index in [9.17, 15) is 9.90 Å². The van der Waals surface area contributed by atoms with Gasteiger partial charge in [-0.15, -0.1) is 0 Å². The predicted octanol–water partition coefficient (Wildman–Crippen LogP) is 1.95. The molecular weight excluding hydrogens is 230 g/mol. The van der Waals surface area contributed by atoms with E-state index in [0.29, 0.717) is 18.7 Å². The summed E-state index contributed by atoms with van der Waals surface area (Å²) in [5.74, 6) is 0.218. The molecule has 98 valence electrons. The van der Waals surface area contributed by atoms with Crippen LogP contribution in [0.3, 0.4) is 0 Å². The van der Waals surface area contributed by atoms with Crippen molar-refractivity contribution in [2.75, 3.05) is 13.2 Å². The van der Waals surface area contributed by atoms with Crippen LogP contribution < -0.4 is 0 Å². The van der Waals surface area contributed by atoms with E-state index in [4.69, 9.17) is 4.74 Å². The summed E-state index contributed by atoms with van der Waals surface area (Å²) >= 11 is 0. The third-order valence-corrected chi connectivity index (χ3v) is 3.31. The lowest BCUT2D eigenvalue weighted by atomic mass is 10.1. The van der Waals surface area contributed by atoms with Crippen LogP contribution >= 0.6 is 0 Å². The van der Waals surface area contributed by atoms with Gasteiger partial charge in [0.25, 0.3) is 5.91 Å². The minimum Gasteiger partial charge on any atom is -0.508 e. The van der Waals surface area contributed by atoms with Gasteiger partial charge in [-0.05, 0) is 44.5 Å². The van der Waals surface area contributed by atoms with E-state index in [1.54, 1.807) is 25.1 Å². The van der Waals surface area contributed by atoms with Crippen molar-refractivity contribution in [3.63, 3.8) is 0 Å². The Hall–Kier alpha value is -1.55. The predicted molar refractivity (Wildman–Crippen MR) is 68.8 cm³/mol. The first-order valence-corrected chi connectivity index (χ1v) is 6.21. The Morgan fingerprint density at radius 2 is 2.17 bits per heavy atom. The highest BCUT2D eigenvalue weighted by Crippen LogP contribution is 2.20. The average molecular weight is 249 g/mol. The summed E-state index contributed by atoms with van der Waals surface area (Å²) in [4.78, 5) is 14.2. The first-order chi connectivity index (χ1) is 8.49. The standard InChI is InChI=1S/C14H19NO3/c1-9-6-12(4-5-13(9)16)14(17)15-7-11(3)18-8-10(15)2/h4-6,10-11,16H,7-8H2,1-3H3. The molecule has 1 heterocycles. The number of nitrogens with zero attached hydrogens (tertiary/aromatic N) is 1. The maximum Gasteiger partial charge on any atom is 0.254 e. The van der Waals surface area contributed by atoms with E-state index >= 15 is 0 Å². The highest BCUT2D eigenvalue weighted by Gasteiger charge is 2.28. The molecule has 1 N–H and O–H groups in total. The van der Waals surface area contributed by atoms with Crippen molar-refractivity contribution in [3.8, 4) is 5.75 Å². The van der Waals surface area contributed by atoms with Gasteiger partial charge in [0.2, 0.25) is 0 Å². The quantitative estimate of drug-likeness (QED) is 0.827. The molecule has 1 amide bonds.